The van der Waals surface area contributed by atoms with Gasteiger partial charge < -0.3 is 20.3 Å². The van der Waals surface area contributed by atoms with Crippen LogP contribution >= 0.6 is 0 Å². The Morgan fingerprint density at radius 2 is 1.82 bits per heavy atom. The molecule has 0 aliphatic heterocycles. The summed E-state index contributed by atoms with van der Waals surface area (Å²) in [6, 6.07) is 5.69. The number of alkyl carbamates (subject to hydrolysis) is 1. The summed E-state index contributed by atoms with van der Waals surface area (Å²) in [4.78, 5) is 40.6. The van der Waals surface area contributed by atoms with Gasteiger partial charge in [-0.25, -0.2) is 4.79 Å². The molecule has 2 rings (SSSR count). The Kier molecular flexibility index (Phi) is 9.48. The molecule has 0 aromatic heterocycles. The molecule has 3 amide bonds. The number of ether oxygens (including phenoxy) is 1. The summed E-state index contributed by atoms with van der Waals surface area (Å²) in [5.41, 5.74) is 1.81. The van der Waals surface area contributed by atoms with Crippen LogP contribution in [0.5, 0.6) is 0 Å². The molecule has 1 aromatic rings. The minimum absolute atomic E-state index is 0.0465. The fourth-order valence-electron chi connectivity index (χ4n) is 4.22. The third-order valence-electron chi connectivity index (χ3n) is 6.08. The summed E-state index contributed by atoms with van der Waals surface area (Å²) in [7, 11) is 0. The number of nitrogens with zero attached hydrogens (tertiary/aromatic N) is 2. The third kappa shape index (κ3) is 7.47. The number of carbonyl (C=O) groups is 3. The van der Waals surface area contributed by atoms with E-state index >= 15 is 0 Å². The molecule has 1 aliphatic rings. The molecule has 0 saturated heterocycles. The van der Waals surface area contributed by atoms with Crippen LogP contribution in [0.25, 0.3) is 0 Å². The lowest BCUT2D eigenvalue weighted by Crippen LogP contribution is -2.53. The molecule has 0 bridgehead atoms. The van der Waals surface area contributed by atoms with Crippen LogP contribution < -0.4 is 10.6 Å². The van der Waals surface area contributed by atoms with Crippen molar-refractivity contribution in [2.24, 2.45) is 0 Å². The molecule has 0 radical (unpaired) electrons. The highest BCUT2D eigenvalue weighted by Gasteiger charge is 2.36. The first kappa shape index (κ1) is 27.2. The summed E-state index contributed by atoms with van der Waals surface area (Å²) < 4.78 is 5.26. The smallest absolute Gasteiger partial charge is 0.408 e. The largest absolute Gasteiger partial charge is 0.444 e. The summed E-state index contributed by atoms with van der Waals surface area (Å²) in [6.45, 7) is 10.3. The lowest BCUT2D eigenvalue weighted by atomic mass is 9.92. The van der Waals surface area contributed by atoms with Gasteiger partial charge in [0.25, 0.3) is 0 Å². The van der Waals surface area contributed by atoms with Crippen LogP contribution in [0.3, 0.4) is 0 Å². The van der Waals surface area contributed by atoms with E-state index in [1.54, 1.807) is 20.8 Å². The van der Waals surface area contributed by atoms with Gasteiger partial charge in [0.1, 0.15) is 24.2 Å². The van der Waals surface area contributed by atoms with Crippen molar-refractivity contribution in [3.63, 3.8) is 0 Å². The van der Waals surface area contributed by atoms with Crippen molar-refractivity contribution >= 4 is 17.9 Å². The van der Waals surface area contributed by atoms with Crippen molar-refractivity contribution in [1.82, 2.24) is 15.5 Å². The van der Waals surface area contributed by atoms with E-state index in [0.29, 0.717) is 5.56 Å². The zero-order valence-electron chi connectivity index (χ0n) is 21.2. The predicted octanol–water partition coefficient (Wildman–Crippen LogP) is 4.06. The highest BCUT2D eigenvalue weighted by atomic mass is 16.6. The molecule has 2 unspecified atom stereocenters. The third-order valence-corrected chi connectivity index (χ3v) is 6.08. The number of benzene rings is 1. The topological polar surface area (TPSA) is 112 Å². The van der Waals surface area contributed by atoms with Gasteiger partial charge in [-0.15, -0.1) is 0 Å². The molecule has 1 saturated carbocycles. The zero-order valence-corrected chi connectivity index (χ0v) is 21.2. The predicted molar refractivity (Wildman–Crippen MR) is 130 cm³/mol. The van der Waals surface area contributed by atoms with Gasteiger partial charge in [-0.1, -0.05) is 37.5 Å². The molecule has 186 valence electrons. The van der Waals surface area contributed by atoms with Gasteiger partial charge in [0.2, 0.25) is 11.8 Å². The quantitative estimate of drug-likeness (QED) is 0.584. The Bertz CT molecular complexity index is 926. The number of nitrogens with one attached hydrogen (secondary N) is 2. The average molecular weight is 471 g/mol. The van der Waals surface area contributed by atoms with Crippen LogP contribution in [0.1, 0.15) is 82.5 Å². The average Bonchev–Trinajstić information content (AvgIpc) is 2.75. The van der Waals surface area contributed by atoms with E-state index in [2.05, 4.69) is 10.6 Å². The first-order valence-corrected chi connectivity index (χ1v) is 12.0. The highest BCUT2D eigenvalue weighted by molar-refractivity contribution is 5.92. The van der Waals surface area contributed by atoms with E-state index in [-0.39, 0.29) is 18.5 Å². The van der Waals surface area contributed by atoms with Gasteiger partial charge >= 0.3 is 6.09 Å². The number of hydrogen-bond acceptors (Lipinski definition) is 5. The second-order valence-corrected chi connectivity index (χ2v) is 10.0. The van der Waals surface area contributed by atoms with E-state index in [0.717, 1.165) is 43.2 Å². The molecular formula is C26H38N4O4. The molecule has 8 nitrogen and oxygen atoms in total. The zero-order chi connectivity index (χ0) is 25.5. The van der Waals surface area contributed by atoms with E-state index in [4.69, 9.17) is 4.74 Å². The van der Waals surface area contributed by atoms with Crippen LogP contribution in [-0.4, -0.2) is 47.0 Å². The van der Waals surface area contributed by atoms with E-state index < -0.39 is 29.7 Å². The van der Waals surface area contributed by atoms with Gasteiger partial charge in [0.15, 0.2) is 0 Å². The Labute approximate surface area is 203 Å². The molecule has 1 aliphatic carbocycles. The number of aryl methyl sites for hydroxylation is 1. The standard InChI is InChI=1S/C26H38N4O4/c1-17-11-10-14-21(18(17)2)22(23(31)29-20-12-8-7-9-13-20)30(16-15-27)24(32)19(3)28-25(33)34-26(4,5)6/h10-11,14,19-20,22H,7-9,12-13,16H2,1-6H3,(H,28,33)(H,29,31). The fourth-order valence-corrected chi connectivity index (χ4v) is 4.22. The molecular weight excluding hydrogens is 432 g/mol. The van der Waals surface area contributed by atoms with Gasteiger partial charge in [0, 0.05) is 6.04 Å². The normalized spacial score (nSPS) is 16.0. The minimum Gasteiger partial charge on any atom is -0.444 e. The van der Waals surface area contributed by atoms with Crippen molar-refractivity contribution in [2.45, 2.75) is 97.4 Å². The lowest BCUT2D eigenvalue weighted by Gasteiger charge is -2.34. The van der Waals surface area contributed by atoms with Crippen molar-refractivity contribution in [1.29, 1.82) is 5.26 Å². The molecule has 2 atom stereocenters. The van der Waals surface area contributed by atoms with Crippen LogP contribution in [0.15, 0.2) is 18.2 Å². The molecule has 1 aromatic carbocycles. The molecule has 2 N–H and O–H groups in total. The summed E-state index contributed by atoms with van der Waals surface area (Å²) in [5, 5.41) is 15.2. The second kappa shape index (κ2) is 11.9. The monoisotopic (exact) mass is 470 g/mol. The van der Waals surface area contributed by atoms with Crippen LogP contribution in [-0.2, 0) is 14.3 Å². The Morgan fingerprint density at radius 3 is 2.41 bits per heavy atom. The van der Waals surface area contributed by atoms with Crippen molar-refractivity contribution < 1.29 is 19.1 Å². The maximum Gasteiger partial charge on any atom is 0.408 e. The first-order chi connectivity index (χ1) is 15.9. The highest BCUT2D eigenvalue weighted by Crippen LogP contribution is 2.28. The number of carbonyl (C=O) groups excluding carboxylic acids is 3. The summed E-state index contributed by atoms with van der Waals surface area (Å²) >= 11 is 0. The van der Waals surface area contributed by atoms with E-state index in [9.17, 15) is 19.6 Å². The van der Waals surface area contributed by atoms with Gasteiger partial charge in [-0.05, 0) is 71.1 Å². The Hall–Kier alpha value is -3.08. The van der Waals surface area contributed by atoms with Crippen molar-refractivity contribution in [3.05, 3.63) is 34.9 Å². The Morgan fingerprint density at radius 1 is 1.18 bits per heavy atom. The minimum atomic E-state index is -0.989. The molecule has 34 heavy (non-hydrogen) atoms. The summed E-state index contributed by atoms with van der Waals surface area (Å²) in [6.07, 6.45) is 4.32. The lowest BCUT2D eigenvalue weighted by molar-refractivity contribution is -0.141. The summed E-state index contributed by atoms with van der Waals surface area (Å²) in [5.74, 6) is -0.842. The molecule has 0 spiro atoms. The maximum atomic E-state index is 13.6. The van der Waals surface area contributed by atoms with Gasteiger partial charge in [0.05, 0.1) is 6.07 Å². The van der Waals surface area contributed by atoms with Crippen LogP contribution in [0.2, 0.25) is 0 Å². The van der Waals surface area contributed by atoms with E-state index in [1.165, 1.54) is 11.8 Å². The molecule has 1 fully saturated rings. The number of amides is 3. The van der Waals surface area contributed by atoms with Crippen LogP contribution in [0, 0.1) is 25.2 Å². The molecule has 8 heteroatoms. The SMILES string of the molecule is Cc1cccc(C(C(=O)NC2CCCCC2)N(CC#N)C(=O)C(C)NC(=O)OC(C)(C)C)c1C. The first-order valence-electron chi connectivity index (χ1n) is 12.0. The maximum absolute atomic E-state index is 13.6. The van der Waals surface area contributed by atoms with Gasteiger partial charge in [-0.3, -0.25) is 9.59 Å². The Balaban J connectivity index is 2.38. The van der Waals surface area contributed by atoms with Crippen molar-refractivity contribution in [2.75, 3.05) is 6.54 Å². The van der Waals surface area contributed by atoms with Crippen molar-refractivity contribution in [3.8, 4) is 6.07 Å². The fraction of sp³-hybridized carbons (Fsp3) is 0.615. The second-order valence-electron chi connectivity index (χ2n) is 10.0. The number of nitriles is 1. The number of hydrogen-bond donors (Lipinski definition) is 2. The number of rotatable bonds is 7. The van der Waals surface area contributed by atoms with Crippen LogP contribution in [0.4, 0.5) is 4.79 Å². The van der Waals surface area contributed by atoms with E-state index in [1.807, 2.05) is 38.1 Å². The molecule has 0 heterocycles. The van der Waals surface area contributed by atoms with Gasteiger partial charge in [-0.2, -0.15) is 5.26 Å².